The lowest BCUT2D eigenvalue weighted by atomic mass is 9.90. The smallest absolute Gasteiger partial charge is 0.123 e. The maximum Gasteiger partial charge on any atom is 0.123 e. The van der Waals surface area contributed by atoms with E-state index in [9.17, 15) is 0 Å². The van der Waals surface area contributed by atoms with Crippen molar-refractivity contribution in [2.75, 3.05) is 13.7 Å². The molecule has 2 aliphatic rings. The van der Waals surface area contributed by atoms with Crippen LogP contribution in [-0.4, -0.2) is 23.1 Å². The van der Waals surface area contributed by atoms with Crippen LogP contribution < -0.4 is 4.74 Å². The van der Waals surface area contributed by atoms with Gasteiger partial charge in [0.25, 0.3) is 0 Å². The van der Waals surface area contributed by atoms with E-state index in [1.165, 1.54) is 47.7 Å². The number of ether oxygens (including phenoxy) is 1. The molecule has 28 heavy (non-hydrogen) atoms. The fourth-order valence-corrected chi connectivity index (χ4v) is 5.68. The van der Waals surface area contributed by atoms with Gasteiger partial charge in [-0.1, -0.05) is 27.6 Å². The number of nitrogens with zero attached hydrogens (tertiary/aromatic N) is 2. The molecule has 5 rings (SSSR count). The van der Waals surface area contributed by atoms with E-state index in [1.54, 1.807) is 18.4 Å². The van der Waals surface area contributed by atoms with Gasteiger partial charge in [0.2, 0.25) is 0 Å². The van der Waals surface area contributed by atoms with Crippen molar-refractivity contribution in [3.63, 3.8) is 0 Å². The molecule has 2 heterocycles. The van der Waals surface area contributed by atoms with Crippen molar-refractivity contribution in [1.29, 1.82) is 0 Å². The van der Waals surface area contributed by atoms with E-state index in [4.69, 9.17) is 4.74 Å². The van der Waals surface area contributed by atoms with Gasteiger partial charge in [0.15, 0.2) is 0 Å². The van der Waals surface area contributed by atoms with Crippen molar-refractivity contribution < 1.29 is 4.74 Å². The lowest BCUT2D eigenvalue weighted by molar-refractivity contribution is 0.172. The van der Waals surface area contributed by atoms with Crippen LogP contribution in [0.5, 0.6) is 5.75 Å². The van der Waals surface area contributed by atoms with Gasteiger partial charge < -0.3 is 9.30 Å². The van der Waals surface area contributed by atoms with Crippen LogP contribution in [0, 0.1) is 6.92 Å². The van der Waals surface area contributed by atoms with Crippen molar-refractivity contribution >= 4 is 26.8 Å². The van der Waals surface area contributed by atoms with Gasteiger partial charge in [-0.3, -0.25) is 4.90 Å². The molecule has 0 fully saturated rings. The molecule has 3 aromatic rings. The maximum absolute atomic E-state index is 5.66. The number of halogens is 1. The van der Waals surface area contributed by atoms with Crippen molar-refractivity contribution in [2.24, 2.45) is 0 Å². The molecule has 0 saturated carbocycles. The number of aryl methyl sites for hydroxylation is 3. The van der Waals surface area contributed by atoms with Crippen LogP contribution in [0.1, 0.15) is 47.7 Å². The molecule has 0 amide bonds. The number of fused-ring (bicyclic) bond motifs is 3. The highest BCUT2D eigenvalue weighted by Gasteiger charge is 2.33. The van der Waals surface area contributed by atoms with Crippen molar-refractivity contribution in [1.82, 2.24) is 9.47 Å². The summed E-state index contributed by atoms with van der Waals surface area (Å²) in [6, 6.07) is 13.9. The van der Waals surface area contributed by atoms with E-state index < -0.39 is 0 Å². The van der Waals surface area contributed by atoms with Crippen LogP contribution in [0.4, 0.5) is 0 Å². The fourth-order valence-electron chi connectivity index (χ4n) is 5.27. The highest BCUT2D eigenvalue weighted by molar-refractivity contribution is 9.10. The van der Waals surface area contributed by atoms with Gasteiger partial charge in [-0.2, -0.15) is 0 Å². The summed E-state index contributed by atoms with van der Waals surface area (Å²) in [4.78, 5) is 2.69. The summed E-state index contributed by atoms with van der Waals surface area (Å²) in [6.07, 6.45) is 4.93. The molecular formula is C24H27BrN2O. The first kappa shape index (κ1) is 18.3. The maximum atomic E-state index is 5.66. The van der Waals surface area contributed by atoms with Crippen molar-refractivity contribution in [2.45, 2.75) is 51.7 Å². The Morgan fingerprint density at radius 2 is 2.00 bits per heavy atom. The molecule has 0 radical (unpaired) electrons. The molecule has 0 saturated heterocycles. The van der Waals surface area contributed by atoms with Gasteiger partial charge in [0.1, 0.15) is 5.75 Å². The van der Waals surface area contributed by atoms with Crippen molar-refractivity contribution in [3.8, 4) is 5.75 Å². The number of aromatic nitrogens is 1. The molecule has 4 heteroatoms. The van der Waals surface area contributed by atoms with E-state index in [1.807, 2.05) is 0 Å². The van der Waals surface area contributed by atoms with Gasteiger partial charge in [0, 0.05) is 46.3 Å². The molecule has 2 aromatic carbocycles. The zero-order valence-electron chi connectivity index (χ0n) is 16.7. The summed E-state index contributed by atoms with van der Waals surface area (Å²) in [5, 5.41) is 1.49. The molecule has 0 spiro atoms. The molecule has 0 N–H and O–H groups in total. The van der Waals surface area contributed by atoms with E-state index in [0.29, 0.717) is 6.04 Å². The first-order chi connectivity index (χ1) is 13.7. The standard InChI is InChI=1S/C24H27BrN2O/c1-16-7-9-21-20(13-16)19-5-3-6-22-24(19)27(21)12-4-11-26(22)15-17-14-18(25)8-10-23(17)28-2/h7-10,13-14,22H,3-6,11-12,15H2,1-2H3. The molecule has 1 aliphatic heterocycles. The van der Waals surface area contributed by atoms with E-state index >= 15 is 0 Å². The second kappa shape index (κ2) is 7.23. The summed E-state index contributed by atoms with van der Waals surface area (Å²) in [6.45, 7) is 5.40. The largest absolute Gasteiger partial charge is 0.496 e. The highest BCUT2D eigenvalue weighted by Crippen LogP contribution is 2.43. The monoisotopic (exact) mass is 438 g/mol. The van der Waals surface area contributed by atoms with Gasteiger partial charge in [0.05, 0.1) is 13.2 Å². The Labute approximate surface area is 175 Å². The molecule has 1 aliphatic carbocycles. The zero-order valence-corrected chi connectivity index (χ0v) is 18.3. The van der Waals surface area contributed by atoms with Crippen LogP contribution >= 0.6 is 15.9 Å². The molecule has 1 aromatic heterocycles. The lowest BCUT2D eigenvalue weighted by Crippen LogP contribution is -2.31. The molecule has 3 nitrogen and oxygen atoms in total. The first-order valence-electron chi connectivity index (χ1n) is 10.3. The summed E-state index contributed by atoms with van der Waals surface area (Å²) >= 11 is 3.64. The Balaban J connectivity index is 1.59. The van der Waals surface area contributed by atoms with Gasteiger partial charge in [-0.05, 0) is 68.5 Å². The quantitative estimate of drug-likeness (QED) is 0.498. The minimum Gasteiger partial charge on any atom is -0.496 e. The Kier molecular flexibility index (Phi) is 4.72. The normalized spacial score (nSPS) is 19.5. The average Bonchev–Trinajstić information content (AvgIpc) is 2.88. The predicted octanol–water partition coefficient (Wildman–Crippen LogP) is 6.00. The molecule has 0 bridgehead atoms. The topological polar surface area (TPSA) is 17.4 Å². The van der Waals surface area contributed by atoms with E-state index in [0.717, 1.165) is 29.9 Å². The zero-order chi connectivity index (χ0) is 19.3. The SMILES string of the molecule is COc1ccc(Br)cc1CN1CCCn2c3c(c4cc(C)ccc42)CCCC31. The van der Waals surface area contributed by atoms with Gasteiger partial charge >= 0.3 is 0 Å². The Morgan fingerprint density at radius 1 is 1.11 bits per heavy atom. The van der Waals surface area contributed by atoms with Gasteiger partial charge in [-0.25, -0.2) is 0 Å². The lowest BCUT2D eigenvalue weighted by Gasteiger charge is -2.34. The Morgan fingerprint density at radius 3 is 2.86 bits per heavy atom. The number of hydrogen-bond acceptors (Lipinski definition) is 2. The average molecular weight is 439 g/mol. The van der Waals surface area contributed by atoms with Crippen LogP contribution in [0.3, 0.4) is 0 Å². The van der Waals surface area contributed by atoms with Crippen LogP contribution in [0.2, 0.25) is 0 Å². The first-order valence-corrected chi connectivity index (χ1v) is 11.1. The molecule has 1 atom stereocenters. The number of methoxy groups -OCH3 is 1. The van der Waals surface area contributed by atoms with Crippen LogP contribution in [0.25, 0.3) is 10.9 Å². The predicted molar refractivity (Wildman–Crippen MR) is 118 cm³/mol. The van der Waals surface area contributed by atoms with Crippen LogP contribution in [0.15, 0.2) is 40.9 Å². The van der Waals surface area contributed by atoms with E-state index in [-0.39, 0.29) is 0 Å². The Hall–Kier alpha value is -1.78. The minimum atomic E-state index is 0.502. The molecule has 1 unspecified atom stereocenters. The Bertz CT molecular complexity index is 1040. The summed E-state index contributed by atoms with van der Waals surface area (Å²) in [5.74, 6) is 0.986. The van der Waals surface area contributed by atoms with Crippen molar-refractivity contribution in [3.05, 3.63) is 63.3 Å². The summed E-state index contributed by atoms with van der Waals surface area (Å²) < 4.78 is 9.41. The number of rotatable bonds is 3. The second-order valence-electron chi connectivity index (χ2n) is 8.22. The third kappa shape index (κ3) is 2.98. The highest BCUT2D eigenvalue weighted by atomic mass is 79.9. The fraction of sp³-hybridized carbons (Fsp3) is 0.417. The third-order valence-electron chi connectivity index (χ3n) is 6.47. The number of hydrogen-bond donors (Lipinski definition) is 0. The van der Waals surface area contributed by atoms with E-state index in [2.05, 4.69) is 68.7 Å². The molecule has 146 valence electrons. The third-order valence-corrected chi connectivity index (χ3v) is 6.96. The molecular weight excluding hydrogens is 412 g/mol. The summed E-state index contributed by atoms with van der Waals surface area (Å²) in [7, 11) is 1.77. The van der Waals surface area contributed by atoms with Gasteiger partial charge in [-0.15, -0.1) is 0 Å². The second-order valence-corrected chi connectivity index (χ2v) is 9.14. The minimum absolute atomic E-state index is 0.502. The van der Waals surface area contributed by atoms with Crippen LogP contribution in [-0.2, 0) is 19.5 Å². The summed E-state index contributed by atoms with van der Waals surface area (Å²) in [5.41, 5.74) is 7.25. The number of benzene rings is 2.